The molecule has 1 atom stereocenters. The lowest BCUT2D eigenvalue weighted by atomic mass is 9.93. The van der Waals surface area contributed by atoms with Crippen molar-refractivity contribution in [3.63, 3.8) is 0 Å². The topological polar surface area (TPSA) is 41.1 Å². The third kappa shape index (κ3) is 3.99. The number of amides is 1. The summed E-state index contributed by atoms with van der Waals surface area (Å²) in [5, 5.41) is 6.47. The molecule has 3 nitrogen and oxygen atoms in total. The van der Waals surface area contributed by atoms with Crippen molar-refractivity contribution in [1.82, 2.24) is 10.6 Å². The summed E-state index contributed by atoms with van der Waals surface area (Å²) in [6.45, 7) is 4.87. The third-order valence-corrected chi connectivity index (χ3v) is 4.50. The van der Waals surface area contributed by atoms with Crippen LogP contribution in [0.25, 0.3) is 0 Å². The Labute approximate surface area is 138 Å². The Bertz CT molecular complexity index is 667. The second-order valence-corrected chi connectivity index (χ2v) is 6.26. The summed E-state index contributed by atoms with van der Waals surface area (Å²) >= 11 is 0. The van der Waals surface area contributed by atoms with Crippen molar-refractivity contribution in [2.75, 3.05) is 19.6 Å². The molecule has 2 aromatic rings. The van der Waals surface area contributed by atoms with Crippen LogP contribution >= 0.6 is 0 Å². The van der Waals surface area contributed by atoms with Gasteiger partial charge in [-0.3, -0.25) is 4.79 Å². The molecule has 0 bridgehead atoms. The predicted octanol–water partition coefficient (Wildman–Crippen LogP) is 2.91. The molecule has 2 N–H and O–H groups in total. The standard InChI is InChI=1S/C20H24N2O/c1-15-14-21-11-10-17-7-8-18(13-19(15)17)20(23)22-12-9-16-5-3-2-4-6-16/h2-8,13,15,21H,9-12,14H2,1H3,(H,22,23). The van der Waals surface area contributed by atoms with Gasteiger partial charge in [-0.2, -0.15) is 0 Å². The number of carbonyl (C=O) groups is 1. The number of rotatable bonds is 4. The highest BCUT2D eigenvalue weighted by molar-refractivity contribution is 5.94. The molecule has 3 heteroatoms. The minimum atomic E-state index is 0.0214. The molecule has 1 heterocycles. The van der Waals surface area contributed by atoms with Gasteiger partial charge < -0.3 is 10.6 Å². The first-order valence-electron chi connectivity index (χ1n) is 8.39. The summed E-state index contributed by atoms with van der Waals surface area (Å²) in [7, 11) is 0. The van der Waals surface area contributed by atoms with E-state index in [1.807, 2.05) is 24.3 Å². The van der Waals surface area contributed by atoms with Crippen LogP contribution in [0, 0.1) is 0 Å². The van der Waals surface area contributed by atoms with Gasteiger partial charge in [-0.25, -0.2) is 0 Å². The largest absolute Gasteiger partial charge is 0.352 e. The maximum absolute atomic E-state index is 12.4. The first kappa shape index (κ1) is 15.8. The molecule has 120 valence electrons. The summed E-state index contributed by atoms with van der Waals surface area (Å²) in [4.78, 5) is 12.4. The molecule has 23 heavy (non-hydrogen) atoms. The maximum atomic E-state index is 12.4. The van der Waals surface area contributed by atoms with Gasteiger partial charge in [0.25, 0.3) is 5.91 Å². The van der Waals surface area contributed by atoms with Crippen LogP contribution in [-0.2, 0) is 12.8 Å². The molecule has 1 aliphatic rings. The van der Waals surface area contributed by atoms with E-state index < -0.39 is 0 Å². The summed E-state index contributed by atoms with van der Waals surface area (Å²) in [6.07, 6.45) is 1.90. The van der Waals surface area contributed by atoms with Crippen molar-refractivity contribution in [1.29, 1.82) is 0 Å². The Morgan fingerprint density at radius 2 is 2.04 bits per heavy atom. The van der Waals surface area contributed by atoms with Crippen LogP contribution < -0.4 is 10.6 Å². The fourth-order valence-electron chi connectivity index (χ4n) is 3.14. The van der Waals surface area contributed by atoms with Gasteiger partial charge in [-0.1, -0.05) is 43.3 Å². The number of benzene rings is 2. The highest BCUT2D eigenvalue weighted by Gasteiger charge is 2.16. The van der Waals surface area contributed by atoms with Gasteiger partial charge >= 0.3 is 0 Å². The smallest absolute Gasteiger partial charge is 0.251 e. The Hall–Kier alpha value is -2.13. The molecule has 0 aliphatic carbocycles. The van der Waals surface area contributed by atoms with E-state index >= 15 is 0 Å². The van der Waals surface area contributed by atoms with Crippen LogP contribution in [0.1, 0.15) is 39.9 Å². The number of hydrogen-bond acceptors (Lipinski definition) is 2. The van der Waals surface area contributed by atoms with E-state index in [-0.39, 0.29) is 5.91 Å². The van der Waals surface area contributed by atoms with Gasteiger partial charge in [0.05, 0.1) is 0 Å². The molecule has 2 aromatic carbocycles. The van der Waals surface area contributed by atoms with Crippen molar-refractivity contribution < 1.29 is 4.79 Å². The van der Waals surface area contributed by atoms with E-state index in [4.69, 9.17) is 0 Å². The van der Waals surface area contributed by atoms with Crippen LogP contribution in [-0.4, -0.2) is 25.5 Å². The van der Waals surface area contributed by atoms with Crippen molar-refractivity contribution in [2.45, 2.75) is 25.7 Å². The summed E-state index contributed by atoms with van der Waals surface area (Å²) in [6, 6.07) is 16.4. The van der Waals surface area contributed by atoms with Crippen LogP contribution in [0.5, 0.6) is 0 Å². The average molecular weight is 308 g/mol. The van der Waals surface area contributed by atoms with Crippen LogP contribution in [0.3, 0.4) is 0 Å². The van der Waals surface area contributed by atoms with Gasteiger partial charge in [0.2, 0.25) is 0 Å². The van der Waals surface area contributed by atoms with Crippen LogP contribution in [0.15, 0.2) is 48.5 Å². The molecule has 0 spiro atoms. The number of nitrogens with one attached hydrogen (secondary N) is 2. The van der Waals surface area contributed by atoms with Crippen molar-refractivity contribution in [2.24, 2.45) is 0 Å². The highest BCUT2D eigenvalue weighted by Crippen LogP contribution is 2.23. The number of hydrogen-bond donors (Lipinski definition) is 2. The SMILES string of the molecule is CC1CNCCc2ccc(C(=O)NCCc3ccccc3)cc21. The van der Waals surface area contributed by atoms with Crippen LogP contribution in [0.4, 0.5) is 0 Å². The van der Waals surface area contributed by atoms with Gasteiger partial charge in [-0.15, -0.1) is 0 Å². The van der Waals surface area contributed by atoms with E-state index in [9.17, 15) is 4.79 Å². The normalized spacial score (nSPS) is 17.2. The van der Waals surface area contributed by atoms with E-state index in [1.54, 1.807) is 0 Å². The molecule has 1 aliphatic heterocycles. The quantitative estimate of drug-likeness (QED) is 0.912. The second kappa shape index (κ2) is 7.42. The maximum Gasteiger partial charge on any atom is 0.251 e. The van der Waals surface area contributed by atoms with E-state index in [0.717, 1.165) is 31.5 Å². The van der Waals surface area contributed by atoms with Crippen molar-refractivity contribution in [3.8, 4) is 0 Å². The zero-order chi connectivity index (χ0) is 16.1. The lowest BCUT2D eigenvalue weighted by Crippen LogP contribution is -2.26. The zero-order valence-corrected chi connectivity index (χ0v) is 13.6. The monoisotopic (exact) mass is 308 g/mol. The molecular formula is C20H24N2O. The van der Waals surface area contributed by atoms with Gasteiger partial charge in [0, 0.05) is 18.7 Å². The molecular weight excluding hydrogens is 284 g/mol. The minimum Gasteiger partial charge on any atom is -0.352 e. The van der Waals surface area contributed by atoms with Crippen molar-refractivity contribution in [3.05, 3.63) is 70.8 Å². The molecule has 0 fully saturated rings. The highest BCUT2D eigenvalue weighted by atomic mass is 16.1. The molecule has 1 amide bonds. The van der Waals surface area contributed by atoms with Gasteiger partial charge in [0.1, 0.15) is 0 Å². The van der Waals surface area contributed by atoms with Gasteiger partial charge in [-0.05, 0) is 54.1 Å². The average Bonchev–Trinajstić information content (AvgIpc) is 2.77. The second-order valence-electron chi connectivity index (χ2n) is 6.26. The molecule has 0 radical (unpaired) electrons. The summed E-state index contributed by atoms with van der Waals surface area (Å²) in [5.74, 6) is 0.470. The predicted molar refractivity (Wildman–Crippen MR) is 93.9 cm³/mol. The third-order valence-electron chi connectivity index (χ3n) is 4.50. The Morgan fingerprint density at radius 3 is 2.87 bits per heavy atom. The Kier molecular flexibility index (Phi) is 5.09. The molecule has 0 saturated carbocycles. The van der Waals surface area contributed by atoms with Crippen molar-refractivity contribution >= 4 is 5.91 Å². The van der Waals surface area contributed by atoms with E-state index in [1.165, 1.54) is 16.7 Å². The van der Waals surface area contributed by atoms with E-state index in [0.29, 0.717) is 12.5 Å². The lowest BCUT2D eigenvalue weighted by molar-refractivity contribution is 0.0954. The number of carbonyl (C=O) groups excluding carboxylic acids is 1. The first-order valence-corrected chi connectivity index (χ1v) is 8.39. The Balaban J connectivity index is 1.63. The fourth-order valence-corrected chi connectivity index (χ4v) is 3.14. The molecule has 1 unspecified atom stereocenters. The zero-order valence-electron chi connectivity index (χ0n) is 13.6. The number of fused-ring (bicyclic) bond motifs is 1. The first-order chi connectivity index (χ1) is 11.2. The van der Waals surface area contributed by atoms with Gasteiger partial charge in [0.15, 0.2) is 0 Å². The molecule has 3 rings (SSSR count). The van der Waals surface area contributed by atoms with E-state index in [2.05, 4.69) is 41.8 Å². The lowest BCUT2D eigenvalue weighted by Gasteiger charge is -2.14. The fraction of sp³-hybridized carbons (Fsp3) is 0.350. The summed E-state index contributed by atoms with van der Waals surface area (Å²) < 4.78 is 0. The Morgan fingerprint density at radius 1 is 1.22 bits per heavy atom. The van der Waals surface area contributed by atoms with Crippen LogP contribution in [0.2, 0.25) is 0 Å². The molecule has 0 aromatic heterocycles. The molecule has 0 saturated heterocycles. The minimum absolute atomic E-state index is 0.0214. The summed E-state index contributed by atoms with van der Waals surface area (Å²) in [5.41, 5.74) is 4.69.